The van der Waals surface area contributed by atoms with E-state index in [-0.39, 0.29) is 5.54 Å². The summed E-state index contributed by atoms with van der Waals surface area (Å²) in [6.45, 7) is 1.45. The molecule has 2 aliphatic carbocycles. The number of hydrogen-bond acceptors (Lipinski definition) is 2. The van der Waals surface area contributed by atoms with E-state index in [1.54, 1.807) is 0 Å². The van der Waals surface area contributed by atoms with Crippen LogP contribution in [0.15, 0.2) is 0 Å². The molecule has 2 rings (SSSR count). The molecular weight excluding hydrogens is 186 g/mol. The van der Waals surface area contributed by atoms with E-state index in [0.29, 0.717) is 6.61 Å². The van der Waals surface area contributed by atoms with E-state index in [0.717, 1.165) is 12.5 Å². The van der Waals surface area contributed by atoms with Crippen LogP contribution >= 0.6 is 0 Å². The average Bonchev–Trinajstić information content (AvgIpc) is 2.89. The summed E-state index contributed by atoms with van der Waals surface area (Å²) in [7, 11) is 0. The van der Waals surface area contributed by atoms with Crippen LogP contribution in [0.1, 0.15) is 57.8 Å². The molecule has 0 aliphatic heterocycles. The Kier molecular flexibility index (Phi) is 4.04. The van der Waals surface area contributed by atoms with Crippen LogP contribution in [0.25, 0.3) is 0 Å². The molecule has 2 N–H and O–H groups in total. The van der Waals surface area contributed by atoms with Crippen LogP contribution in [-0.4, -0.2) is 23.8 Å². The summed E-state index contributed by atoms with van der Waals surface area (Å²) in [5, 5.41) is 13.1. The number of aliphatic hydroxyl groups is 1. The Morgan fingerprint density at radius 3 is 2.33 bits per heavy atom. The van der Waals surface area contributed by atoms with Crippen molar-refractivity contribution in [3.63, 3.8) is 0 Å². The van der Waals surface area contributed by atoms with E-state index < -0.39 is 0 Å². The summed E-state index contributed by atoms with van der Waals surface area (Å²) in [4.78, 5) is 0. The first-order chi connectivity index (χ1) is 7.35. The molecule has 0 heterocycles. The molecule has 0 bridgehead atoms. The molecule has 2 fully saturated rings. The van der Waals surface area contributed by atoms with Gasteiger partial charge in [-0.1, -0.05) is 38.5 Å². The molecule has 2 saturated carbocycles. The number of aliphatic hydroxyl groups excluding tert-OH is 1. The Balaban J connectivity index is 1.67. The highest BCUT2D eigenvalue weighted by Gasteiger charge is 2.32. The molecule has 15 heavy (non-hydrogen) atoms. The smallest absolute Gasteiger partial charge is 0.0613 e. The fourth-order valence-electron chi connectivity index (χ4n) is 3.28. The van der Waals surface area contributed by atoms with Gasteiger partial charge in [-0.3, -0.25) is 0 Å². The first kappa shape index (κ1) is 11.4. The van der Waals surface area contributed by atoms with E-state index in [9.17, 15) is 5.11 Å². The lowest BCUT2D eigenvalue weighted by atomic mass is 9.97. The second-order valence-corrected chi connectivity index (χ2v) is 5.51. The maximum atomic E-state index is 9.45. The van der Waals surface area contributed by atoms with Crippen LogP contribution < -0.4 is 5.32 Å². The summed E-state index contributed by atoms with van der Waals surface area (Å²) in [5.41, 5.74) is 0.0958. The predicted molar refractivity (Wildman–Crippen MR) is 62.9 cm³/mol. The molecular formula is C13H25NO. The lowest BCUT2D eigenvalue weighted by Crippen LogP contribution is -2.46. The van der Waals surface area contributed by atoms with Crippen LogP contribution in [0.5, 0.6) is 0 Å². The van der Waals surface area contributed by atoms with Crippen LogP contribution in [0.4, 0.5) is 0 Å². The summed E-state index contributed by atoms with van der Waals surface area (Å²) in [5.74, 6) is 0.967. The Morgan fingerprint density at radius 2 is 1.73 bits per heavy atom. The van der Waals surface area contributed by atoms with Crippen molar-refractivity contribution in [1.29, 1.82) is 0 Å². The normalized spacial score (nSPS) is 26.2. The number of nitrogens with one attached hydrogen (secondary N) is 1. The minimum absolute atomic E-state index is 0.0958. The second kappa shape index (κ2) is 5.31. The SMILES string of the molecule is OCC1(NCCC2CCCC2)CCCC1. The van der Waals surface area contributed by atoms with Crippen molar-refractivity contribution >= 4 is 0 Å². The first-order valence-electron chi connectivity index (χ1n) is 6.71. The maximum Gasteiger partial charge on any atom is 0.0613 e. The molecule has 2 aliphatic rings. The van der Waals surface area contributed by atoms with Crippen molar-refractivity contribution in [2.45, 2.75) is 63.3 Å². The van der Waals surface area contributed by atoms with Crippen molar-refractivity contribution in [2.24, 2.45) is 5.92 Å². The third kappa shape index (κ3) is 2.94. The van der Waals surface area contributed by atoms with Gasteiger partial charge in [0.05, 0.1) is 6.61 Å². The Bertz CT molecular complexity index is 181. The highest BCUT2D eigenvalue weighted by molar-refractivity contribution is 4.92. The van der Waals surface area contributed by atoms with Gasteiger partial charge < -0.3 is 10.4 Å². The van der Waals surface area contributed by atoms with Gasteiger partial charge in [0.25, 0.3) is 0 Å². The van der Waals surface area contributed by atoms with Crippen molar-refractivity contribution in [3.05, 3.63) is 0 Å². The van der Waals surface area contributed by atoms with Crippen LogP contribution in [-0.2, 0) is 0 Å². The summed E-state index contributed by atoms with van der Waals surface area (Å²) in [6, 6.07) is 0. The minimum atomic E-state index is 0.0958. The summed E-state index contributed by atoms with van der Waals surface area (Å²) in [6.07, 6.45) is 12.0. The first-order valence-corrected chi connectivity index (χ1v) is 6.71. The zero-order chi connectivity index (χ0) is 10.6. The average molecular weight is 211 g/mol. The topological polar surface area (TPSA) is 32.3 Å². The van der Waals surface area contributed by atoms with Gasteiger partial charge in [-0.25, -0.2) is 0 Å². The number of rotatable bonds is 5. The largest absolute Gasteiger partial charge is 0.394 e. The van der Waals surface area contributed by atoms with E-state index in [1.165, 1.54) is 57.8 Å². The summed E-state index contributed by atoms with van der Waals surface area (Å²) >= 11 is 0. The Hall–Kier alpha value is -0.0800. The standard InChI is InChI=1S/C13H25NO/c15-11-13(8-3-4-9-13)14-10-7-12-5-1-2-6-12/h12,14-15H,1-11H2. The van der Waals surface area contributed by atoms with Crippen LogP contribution in [0.2, 0.25) is 0 Å². The third-order valence-corrected chi connectivity index (χ3v) is 4.39. The van der Waals surface area contributed by atoms with Crippen LogP contribution in [0.3, 0.4) is 0 Å². The van der Waals surface area contributed by atoms with Crippen molar-refractivity contribution in [2.75, 3.05) is 13.2 Å². The van der Waals surface area contributed by atoms with Gasteiger partial charge in [-0.15, -0.1) is 0 Å². The zero-order valence-corrected chi connectivity index (χ0v) is 9.80. The molecule has 88 valence electrons. The molecule has 0 atom stereocenters. The lowest BCUT2D eigenvalue weighted by Gasteiger charge is -2.28. The van der Waals surface area contributed by atoms with Crippen molar-refractivity contribution < 1.29 is 5.11 Å². The lowest BCUT2D eigenvalue weighted by molar-refractivity contribution is 0.162. The van der Waals surface area contributed by atoms with Gasteiger partial charge in [0.1, 0.15) is 0 Å². The summed E-state index contributed by atoms with van der Waals surface area (Å²) < 4.78 is 0. The van der Waals surface area contributed by atoms with Gasteiger partial charge in [0.15, 0.2) is 0 Å². The van der Waals surface area contributed by atoms with Crippen LogP contribution in [0, 0.1) is 5.92 Å². The predicted octanol–water partition coefficient (Wildman–Crippen LogP) is 2.46. The monoisotopic (exact) mass is 211 g/mol. The molecule has 2 heteroatoms. The van der Waals surface area contributed by atoms with Gasteiger partial charge in [-0.2, -0.15) is 0 Å². The zero-order valence-electron chi connectivity index (χ0n) is 9.80. The van der Waals surface area contributed by atoms with Crippen molar-refractivity contribution in [3.8, 4) is 0 Å². The molecule has 0 spiro atoms. The highest BCUT2D eigenvalue weighted by atomic mass is 16.3. The quantitative estimate of drug-likeness (QED) is 0.732. The maximum absolute atomic E-state index is 9.45. The van der Waals surface area contributed by atoms with E-state index in [1.807, 2.05) is 0 Å². The fraction of sp³-hybridized carbons (Fsp3) is 1.00. The fourth-order valence-corrected chi connectivity index (χ4v) is 3.28. The van der Waals surface area contributed by atoms with Gasteiger partial charge in [0.2, 0.25) is 0 Å². The van der Waals surface area contributed by atoms with Gasteiger partial charge >= 0.3 is 0 Å². The molecule has 0 unspecified atom stereocenters. The molecule has 0 saturated heterocycles. The molecule has 0 amide bonds. The number of hydrogen-bond donors (Lipinski definition) is 2. The Labute approximate surface area is 93.5 Å². The van der Waals surface area contributed by atoms with E-state index in [2.05, 4.69) is 5.32 Å². The van der Waals surface area contributed by atoms with E-state index in [4.69, 9.17) is 0 Å². The van der Waals surface area contributed by atoms with Gasteiger partial charge in [-0.05, 0) is 31.7 Å². The van der Waals surface area contributed by atoms with E-state index >= 15 is 0 Å². The second-order valence-electron chi connectivity index (χ2n) is 5.51. The molecule has 0 aromatic rings. The van der Waals surface area contributed by atoms with Gasteiger partial charge in [0, 0.05) is 5.54 Å². The van der Waals surface area contributed by atoms with Crippen molar-refractivity contribution in [1.82, 2.24) is 5.32 Å². The minimum Gasteiger partial charge on any atom is -0.394 e. The molecule has 0 radical (unpaired) electrons. The molecule has 2 nitrogen and oxygen atoms in total. The molecule has 0 aromatic heterocycles. The molecule has 0 aromatic carbocycles. The Morgan fingerprint density at radius 1 is 1.07 bits per heavy atom. The third-order valence-electron chi connectivity index (χ3n) is 4.39. The highest BCUT2D eigenvalue weighted by Crippen LogP contribution is 2.30.